The molecule has 3 fully saturated rings. The van der Waals surface area contributed by atoms with Crippen LogP contribution >= 0.6 is 15.9 Å². The Bertz CT molecular complexity index is 1450. The quantitative estimate of drug-likeness (QED) is 0.207. The highest BCUT2D eigenvalue weighted by molar-refractivity contribution is 9.09. The van der Waals surface area contributed by atoms with Crippen molar-refractivity contribution < 1.29 is 29.0 Å². The van der Waals surface area contributed by atoms with Crippen molar-refractivity contribution in [3.05, 3.63) is 85.5 Å². The standard InChI is InChI=1S/C37H46BrN3O6/c1-6-18-39(22-25-12-10-9-11-13-25)36(45)33-37-21-29(38)32(47-37)30(31(37)35(44)41(33)27(23-42)20-24(4)5)34(43)40(19-7-2)26-14-16-28(17-15-26)46-8-3/h6-7,9-17,24,27,29-33,42H,1-2,8,18-23H2,3-5H3/t27-,29?,30-,31+,32-,33?,37?/m1/s1. The third kappa shape index (κ3) is 6.52. The molecule has 47 heavy (non-hydrogen) atoms. The Morgan fingerprint density at radius 3 is 2.38 bits per heavy atom. The second-order valence-electron chi connectivity index (χ2n) is 13.0. The van der Waals surface area contributed by atoms with E-state index in [-0.39, 0.29) is 48.2 Å². The van der Waals surface area contributed by atoms with Crippen molar-refractivity contribution in [1.29, 1.82) is 0 Å². The van der Waals surface area contributed by atoms with Crippen LogP contribution in [0.25, 0.3) is 0 Å². The van der Waals surface area contributed by atoms with Crippen LogP contribution in [-0.2, 0) is 25.7 Å². The molecule has 0 saturated carbocycles. The van der Waals surface area contributed by atoms with Gasteiger partial charge in [0.05, 0.1) is 37.2 Å². The second kappa shape index (κ2) is 14.7. The third-order valence-corrected chi connectivity index (χ3v) is 10.4. The van der Waals surface area contributed by atoms with Gasteiger partial charge in [0.25, 0.3) is 0 Å². The number of aliphatic hydroxyl groups is 1. The highest BCUT2D eigenvalue weighted by atomic mass is 79.9. The fraction of sp³-hybridized carbons (Fsp3) is 0.486. The van der Waals surface area contributed by atoms with Gasteiger partial charge >= 0.3 is 0 Å². The molecule has 0 aromatic heterocycles. The maximum absolute atomic E-state index is 14.8. The van der Waals surface area contributed by atoms with Crippen molar-refractivity contribution in [2.24, 2.45) is 17.8 Å². The van der Waals surface area contributed by atoms with Crippen LogP contribution < -0.4 is 9.64 Å². The van der Waals surface area contributed by atoms with Crippen molar-refractivity contribution >= 4 is 39.3 Å². The summed E-state index contributed by atoms with van der Waals surface area (Å²) in [5, 5.41) is 10.7. The molecule has 0 radical (unpaired) electrons. The minimum Gasteiger partial charge on any atom is -0.494 e. The second-order valence-corrected chi connectivity index (χ2v) is 14.2. The zero-order valence-electron chi connectivity index (χ0n) is 27.5. The van der Waals surface area contributed by atoms with Crippen molar-refractivity contribution in [1.82, 2.24) is 9.80 Å². The zero-order chi connectivity index (χ0) is 33.9. The summed E-state index contributed by atoms with van der Waals surface area (Å²) in [6, 6.07) is 15.3. The number of fused-ring (bicyclic) bond motifs is 1. The van der Waals surface area contributed by atoms with Crippen molar-refractivity contribution in [2.45, 2.75) is 68.8 Å². The summed E-state index contributed by atoms with van der Waals surface area (Å²) in [6.07, 6.45) is 3.57. The smallest absolute Gasteiger partial charge is 0.249 e. The summed E-state index contributed by atoms with van der Waals surface area (Å²) in [7, 11) is 0. The zero-order valence-corrected chi connectivity index (χ0v) is 29.1. The van der Waals surface area contributed by atoms with E-state index in [4.69, 9.17) is 9.47 Å². The molecule has 2 bridgehead atoms. The molecule has 10 heteroatoms. The van der Waals surface area contributed by atoms with Gasteiger partial charge in [-0.3, -0.25) is 14.4 Å². The number of ether oxygens (including phenoxy) is 2. The van der Waals surface area contributed by atoms with Crippen LogP contribution in [0.3, 0.4) is 0 Å². The molecule has 9 nitrogen and oxygen atoms in total. The number of nitrogens with zero attached hydrogens (tertiary/aromatic N) is 3. The van der Waals surface area contributed by atoms with Gasteiger partial charge in [-0.25, -0.2) is 0 Å². The summed E-state index contributed by atoms with van der Waals surface area (Å²) in [4.78, 5) is 48.9. The van der Waals surface area contributed by atoms with Gasteiger partial charge in [0, 0.05) is 30.1 Å². The Hall–Kier alpha value is -3.47. The molecule has 2 aromatic carbocycles. The maximum atomic E-state index is 14.8. The lowest BCUT2D eigenvalue weighted by Crippen LogP contribution is -2.59. The molecule has 3 unspecified atom stereocenters. The van der Waals surface area contributed by atoms with Crippen LogP contribution in [0.1, 0.15) is 39.2 Å². The van der Waals surface area contributed by atoms with E-state index in [1.165, 1.54) is 0 Å². The largest absolute Gasteiger partial charge is 0.494 e. The van der Waals surface area contributed by atoms with Gasteiger partial charge in [-0.2, -0.15) is 0 Å². The molecule has 0 aliphatic carbocycles. The highest BCUT2D eigenvalue weighted by Gasteiger charge is 2.77. The number of rotatable bonds is 15. The topological polar surface area (TPSA) is 99.6 Å². The number of hydrogen-bond donors (Lipinski definition) is 1. The Kier molecular flexibility index (Phi) is 10.9. The minimum absolute atomic E-state index is 0.142. The van der Waals surface area contributed by atoms with E-state index < -0.39 is 35.6 Å². The molecule has 252 valence electrons. The van der Waals surface area contributed by atoms with Crippen LogP contribution in [-0.4, -0.2) is 87.5 Å². The van der Waals surface area contributed by atoms with E-state index in [9.17, 15) is 19.5 Å². The number of benzene rings is 2. The predicted octanol–water partition coefficient (Wildman–Crippen LogP) is 4.97. The number of carbonyl (C=O) groups excluding carboxylic acids is 3. The maximum Gasteiger partial charge on any atom is 0.249 e. The monoisotopic (exact) mass is 707 g/mol. The first kappa shape index (κ1) is 34.9. The average Bonchev–Trinajstić information content (AvgIpc) is 3.66. The molecule has 2 aromatic rings. The van der Waals surface area contributed by atoms with E-state index >= 15 is 0 Å². The summed E-state index contributed by atoms with van der Waals surface area (Å²) in [5.74, 6) is -1.81. The summed E-state index contributed by atoms with van der Waals surface area (Å²) >= 11 is 3.79. The molecule has 5 rings (SSSR count). The number of aliphatic hydroxyl groups excluding tert-OH is 1. The lowest BCUT2D eigenvalue weighted by atomic mass is 9.70. The van der Waals surface area contributed by atoms with Gasteiger partial charge in [-0.15, -0.1) is 13.2 Å². The number of carbonyl (C=O) groups is 3. The molecule has 3 saturated heterocycles. The Labute approximate surface area is 286 Å². The number of halogens is 1. The van der Waals surface area contributed by atoms with E-state index in [1.807, 2.05) is 75.4 Å². The first-order valence-corrected chi connectivity index (χ1v) is 17.4. The number of likely N-dealkylation sites (tertiary alicyclic amines) is 1. The summed E-state index contributed by atoms with van der Waals surface area (Å²) in [5.41, 5.74) is 0.322. The van der Waals surface area contributed by atoms with Crippen LogP contribution in [0.4, 0.5) is 5.69 Å². The predicted molar refractivity (Wildman–Crippen MR) is 185 cm³/mol. The first-order chi connectivity index (χ1) is 22.6. The van der Waals surface area contributed by atoms with E-state index in [0.29, 0.717) is 37.4 Å². The number of alkyl halides is 1. The fourth-order valence-electron chi connectivity index (χ4n) is 7.73. The number of hydrogen-bond acceptors (Lipinski definition) is 6. The fourth-order valence-corrected chi connectivity index (χ4v) is 8.67. The molecular weight excluding hydrogens is 662 g/mol. The normalized spacial score (nSPS) is 26.6. The molecule has 3 heterocycles. The van der Waals surface area contributed by atoms with Crippen LogP contribution in [0.2, 0.25) is 0 Å². The average molecular weight is 709 g/mol. The molecule has 1 spiro atoms. The van der Waals surface area contributed by atoms with Gasteiger partial charge in [0.1, 0.15) is 17.4 Å². The Balaban J connectivity index is 1.58. The SMILES string of the molecule is C=CCN(Cc1ccccc1)C(=O)C1N([C@@H](CO)CC(C)C)C(=O)[C@@H]2[C@@H](C(=O)N(CC=C)c3ccc(OCC)cc3)[C@@H]3OC12CC3Br. The lowest BCUT2D eigenvalue weighted by Gasteiger charge is -2.40. The van der Waals surface area contributed by atoms with Gasteiger partial charge in [-0.1, -0.05) is 72.3 Å². The summed E-state index contributed by atoms with van der Waals surface area (Å²) < 4.78 is 12.4. The van der Waals surface area contributed by atoms with E-state index in [2.05, 4.69) is 29.1 Å². The van der Waals surface area contributed by atoms with E-state index in [0.717, 1.165) is 5.56 Å². The molecule has 1 N–H and O–H groups in total. The first-order valence-electron chi connectivity index (χ1n) is 16.4. The molecule has 3 aliphatic rings. The van der Waals surface area contributed by atoms with Crippen molar-refractivity contribution in [3.8, 4) is 5.75 Å². The van der Waals surface area contributed by atoms with Gasteiger partial charge < -0.3 is 29.3 Å². The van der Waals surface area contributed by atoms with Gasteiger partial charge in [-0.05, 0) is 55.5 Å². The van der Waals surface area contributed by atoms with Gasteiger partial charge in [0.15, 0.2) is 0 Å². The van der Waals surface area contributed by atoms with E-state index in [1.54, 1.807) is 26.9 Å². The lowest BCUT2D eigenvalue weighted by molar-refractivity contribution is -0.151. The summed E-state index contributed by atoms with van der Waals surface area (Å²) in [6.45, 7) is 14.7. The van der Waals surface area contributed by atoms with Crippen molar-refractivity contribution in [3.63, 3.8) is 0 Å². The van der Waals surface area contributed by atoms with Crippen LogP contribution in [0.15, 0.2) is 79.9 Å². The van der Waals surface area contributed by atoms with Gasteiger partial charge in [0.2, 0.25) is 17.7 Å². The minimum atomic E-state index is -1.26. The third-order valence-electron chi connectivity index (χ3n) is 9.51. The number of amides is 3. The Morgan fingerprint density at radius 2 is 1.79 bits per heavy atom. The Morgan fingerprint density at radius 1 is 1.11 bits per heavy atom. The van der Waals surface area contributed by atoms with Crippen LogP contribution in [0.5, 0.6) is 5.75 Å². The highest BCUT2D eigenvalue weighted by Crippen LogP contribution is 2.61. The molecular formula is C37H46BrN3O6. The van der Waals surface area contributed by atoms with Crippen molar-refractivity contribution in [2.75, 3.05) is 31.2 Å². The van der Waals surface area contributed by atoms with Crippen LogP contribution in [0, 0.1) is 17.8 Å². The molecule has 3 amide bonds. The molecule has 3 aliphatic heterocycles. The molecule has 7 atom stereocenters. The number of anilines is 1.